The topological polar surface area (TPSA) is 63.0 Å². The molecule has 2 N–H and O–H groups in total. The number of nitrogens with one attached hydrogen (secondary N) is 1. The molecule has 0 saturated carbocycles. The molecule has 3 rings (SSSR count). The molecule has 0 amide bonds. The molecular formula is C15H10F3IN4O. The standard InChI is InChI=1S/C15H10F3IN4O/c1-7-4-8(19)2-3-10(7)20-15-11(23-6-12(24)21-22-23)5-9(16)13(17)14(15)18/h2-6,20,24H,1H3. The summed E-state index contributed by atoms with van der Waals surface area (Å²) in [6, 6.07) is 6.10. The Bertz CT molecular complexity index is 929. The van der Waals surface area contributed by atoms with E-state index in [-0.39, 0.29) is 11.4 Å². The Hall–Kier alpha value is -2.30. The maximum Gasteiger partial charge on any atom is 0.251 e. The van der Waals surface area contributed by atoms with E-state index in [4.69, 9.17) is 0 Å². The number of hydrogen-bond donors (Lipinski definition) is 2. The number of nitrogens with zero attached hydrogens (tertiary/aromatic N) is 3. The SMILES string of the molecule is Cc1cc(I)ccc1Nc1c(-n2cc(O)nn2)cc(F)c(F)c1F. The number of aromatic hydroxyl groups is 1. The van der Waals surface area contributed by atoms with Crippen LogP contribution in [-0.2, 0) is 0 Å². The molecule has 0 aliphatic rings. The number of aromatic nitrogens is 3. The van der Waals surface area contributed by atoms with Gasteiger partial charge in [-0.25, -0.2) is 17.9 Å². The Balaban J connectivity index is 2.16. The van der Waals surface area contributed by atoms with Crippen LogP contribution >= 0.6 is 22.6 Å². The first-order chi connectivity index (χ1) is 11.4. The van der Waals surface area contributed by atoms with Crippen LogP contribution in [-0.4, -0.2) is 20.1 Å². The van der Waals surface area contributed by atoms with E-state index < -0.39 is 23.3 Å². The molecule has 3 aromatic rings. The molecule has 9 heteroatoms. The van der Waals surface area contributed by atoms with Gasteiger partial charge in [-0.15, -0.1) is 0 Å². The molecule has 0 aliphatic heterocycles. The van der Waals surface area contributed by atoms with Crippen LogP contribution < -0.4 is 5.32 Å². The number of benzene rings is 2. The first-order valence-corrected chi connectivity index (χ1v) is 7.77. The van der Waals surface area contributed by atoms with Crippen molar-refractivity contribution in [1.29, 1.82) is 0 Å². The Morgan fingerprint density at radius 1 is 1.17 bits per heavy atom. The van der Waals surface area contributed by atoms with Gasteiger partial charge >= 0.3 is 0 Å². The van der Waals surface area contributed by atoms with Crippen LogP contribution in [0.25, 0.3) is 5.69 Å². The molecule has 24 heavy (non-hydrogen) atoms. The molecule has 0 unspecified atom stereocenters. The van der Waals surface area contributed by atoms with Crippen LogP contribution in [0.3, 0.4) is 0 Å². The number of halogens is 4. The van der Waals surface area contributed by atoms with Gasteiger partial charge in [0, 0.05) is 15.3 Å². The average Bonchev–Trinajstić information content (AvgIpc) is 2.96. The van der Waals surface area contributed by atoms with E-state index in [1.54, 1.807) is 19.1 Å². The van der Waals surface area contributed by atoms with Crippen molar-refractivity contribution in [2.45, 2.75) is 6.92 Å². The van der Waals surface area contributed by atoms with Crippen LogP contribution in [0.1, 0.15) is 5.56 Å². The normalized spacial score (nSPS) is 10.9. The molecule has 0 atom stereocenters. The van der Waals surface area contributed by atoms with Gasteiger partial charge in [0.25, 0.3) is 5.88 Å². The van der Waals surface area contributed by atoms with Crippen LogP contribution in [0, 0.1) is 27.9 Å². The van der Waals surface area contributed by atoms with Gasteiger partial charge in [0.1, 0.15) is 5.69 Å². The molecule has 124 valence electrons. The van der Waals surface area contributed by atoms with Crippen molar-refractivity contribution in [1.82, 2.24) is 15.0 Å². The molecule has 0 saturated heterocycles. The molecule has 1 aromatic heterocycles. The highest BCUT2D eigenvalue weighted by atomic mass is 127. The molecule has 0 spiro atoms. The second kappa shape index (κ2) is 6.30. The van der Waals surface area contributed by atoms with Gasteiger partial charge in [-0.3, -0.25) is 0 Å². The molecule has 0 fully saturated rings. The lowest BCUT2D eigenvalue weighted by atomic mass is 10.1. The molecule has 5 nitrogen and oxygen atoms in total. The van der Waals surface area contributed by atoms with Gasteiger partial charge in [0.2, 0.25) is 0 Å². The van der Waals surface area contributed by atoms with Crippen LogP contribution in [0.4, 0.5) is 24.5 Å². The van der Waals surface area contributed by atoms with Gasteiger partial charge in [-0.1, -0.05) is 10.3 Å². The fourth-order valence-electron chi connectivity index (χ4n) is 2.16. The van der Waals surface area contributed by atoms with E-state index in [2.05, 4.69) is 38.2 Å². The Morgan fingerprint density at radius 3 is 2.54 bits per heavy atom. The van der Waals surface area contributed by atoms with Crippen molar-refractivity contribution in [3.8, 4) is 11.6 Å². The third-order valence-electron chi connectivity index (χ3n) is 3.32. The highest BCUT2D eigenvalue weighted by Gasteiger charge is 2.21. The van der Waals surface area contributed by atoms with Crippen molar-refractivity contribution in [3.05, 3.63) is 57.0 Å². The zero-order valence-electron chi connectivity index (χ0n) is 12.2. The molecule has 1 heterocycles. The van der Waals surface area contributed by atoms with Crippen molar-refractivity contribution in [3.63, 3.8) is 0 Å². The largest absolute Gasteiger partial charge is 0.491 e. The van der Waals surface area contributed by atoms with Crippen molar-refractivity contribution >= 4 is 34.0 Å². The van der Waals surface area contributed by atoms with Crippen molar-refractivity contribution < 1.29 is 18.3 Å². The maximum atomic E-state index is 14.3. The summed E-state index contributed by atoms with van der Waals surface area (Å²) in [6.07, 6.45) is 1.05. The van der Waals surface area contributed by atoms with Gasteiger partial charge < -0.3 is 10.4 Å². The summed E-state index contributed by atoms with van der Waals surface area (Å²) in [7, 11) is 0. The van der Waals surface area contributed by atoms with E-state index in [0.29, 0.717) is 5.69 Å². The van der Waals surface area contributed by atoms with Gasteiger partial charge in [-0.2, -0.15) is 0 Å². The lowest BCUT2D eigenvalue weighted by Crippen LogP contribution is -2.08. The summed E-state index contributed by atoms with van der Waals surface area (Å²) in [5.74, 6) is -4.80. The molecule has 0 aliphatic carbocycles. The summed E-state index contributed by atoms with van der Waals surface area (Å²) in [5, 5.41) is 19.0. The minimum Gasteiger partial charge on any atom is -0.491 e. The number of rotatable bonds is 3. The number of aryl methyl sites for hydroxylation is 1. The summed E-state index contributed by atoms with van der Waals surface area (Å²) in [6.45, 7) is 1.79. The minimum atomic E-state index is -1.60. The fourth-order valence-corrected chi connectivity index (χ4v) is 2.80. The van der Waals surface area contributed by atoms with Crippen molar-refractivity contribution in [2.24, 2.45) is 0 Å². The smallest absolute Gasteiger partial charge is 0.251 e. The minimum absolute atomic E-state index is 0.128. The van der Waals surface area contributed by atoms with E-state index in [9.17, 15) is 18.3 Å². The number of anilines is 2. The van der Waals surface area contributed by atoms with Crippen molar-refractivity contribution in [2.75, 3.05) is 5.32 Å². The molecular weight excluding hydrogens is 436 g/mol. The van der Waals surface area contributed by atoms with E-state index in [1.165, 1.54) is 0 Å². The fraction of sp³-hybridized carbons (Fsp3) is 0.0667. The Labute approximate surface area is 148 Å². The van der Waals surface area contributed by atoms with E-state index in [0.717, 1.165) is 26.1 Å². The first kappa shape index (κ1) is 16.6. The second-order valence-electron chi connectivity index (χ2n) is 4.99. The molecule has 0 bridgehead atoms. The van der Waals surface area contributed by atoms with Crippen LogP contribution in [0.15, 0.2) is 30.5 Å². The predicted octanol–water partition coefficient (Wildman–Crippen LogP) is 4.05. The highest BCUT2D eigenvalue weighted by Crippen LogP contribution is 2.32. The summed E-state index contributed by atoms with van der Waals surface area (Å²) in [4.78, 5) is 0. The second-order valence-corrected chi connectivity index (χ2v) is 6.23. The van der Waals surface area contributed by atoms with Gasteiger partial charge in [0.05, 0.1) is 11.9 Å². The van der Waals surface area contributed by atoms with Crippen LogP contribution in [0.5, 0.6) is 5.88 Å². The maximum absolute atomic E-state index is 14.3. The summed E-state index contributed by atoms with van der Waals surface area (Å²) >= 11 is 2.13. The third-order valence-corrected chi connectivity index (χ3v) is 3.99. The zero-order chi connectivity index (χ0) is 17.4. The molecule has 2 aromatic carbocycles. The lowest BCUT2D eigenvalue weighted by molar-refractivity contribution is 0.448. The Morgan fingerprint density at radius 2 is 1.92 bits per heavy atom. The first-order valence-electron chi connectivity index (χ1n) is 6.69. The predicted molar refractivity (Wildman–Crippen MR) is 90.1 cm³/mol. The summed E-state index contributed by atoms with van der Waals surface area (Å²) < 4.78 is 43.5. The third kappa shape index (κ3) is 3.03. The van der Waals surface area contributed by atoms with Gasteiger partial charge in [0.15, 0.2) is 17.5 Å². The average molecular weight is 446 g/mol. The monoisotopic (exact) mass is 446 g/mol. The van der Waals surface area contributed by atoms with Crippen LogP contribution in [0.2, 0.25) is 0 Å². The highest BCUT2D eigenvalue weighted by molar-refractivity contribution is 14.1. The summed E-state index contributed by atoms with van der Waals surface area (Å²) in [5.41, 5.74) is 0.865. The molecule has 0 radical (unpaired) electrons. The van der Waals surface area contributed by atoms with E-state index in [1.807, 2.05) is 6.07 Å². The Kier molecular flexibility index (Phi) is 4.35. The van der Waals surface area contributed by atoms with Gasteiger partial charge in [-0.05, 0) is 53.3 Å². The van der Waals surface area contributed by atoms with E-state index >= 15 is 0 Å². The zero-order valence-corrected chi connectivity index (χ0v) is 14.3. The lowest BCUT2D eigenvalue weighted by Gasteiger charge is -2.15. The quantitative estimate of drug-likeness (QED) is 0.471. The number of hydrogen-bond acceptors (Lipinski definition) is 4.